The van der Waals surface area contributed by atoms with Crippen LogP contribution in [0.3, 0.4) is 0 Å². The first-order chi connectivity index (χ1) is 7.84. The zero-order chi connectivity index (χ0) is 11.2. The Morgan fingerprint density at radius 2 is 2.31 bits per heavy atom. The Balaban J connectivity index is 1.62. The summed E-state index contributed by atoms with van der Waals surface area (Å²) >= 11 is 2.03. The third kappa shape index (κ3) is 3.64. The monoisotopic (exact) mass is 238 g/mol. The summed E-state index contributed by atoms with van der Waals surface area (Å²) in [6.45, 7) is 3.83. The lowest BCUT2D eigenvalue weighted by Crippen LogP contribution is -2.32. The first kappa shape index (κ1) is 11.7. The van der Waals surface area contributed by atoms with Gasteiger partial charge in [0.05, 0.1) is 5.69 Å². The zero-order valence-electron chi connectivity index (χ0n) is 9.57. The van der Waals surface area contributed by atoms with E-state index in [2.05, 4.69) is 20.8 Å². The van der Waals surface area contributed by atoms with Crippen LogP contribution in [0.25, 0.3) is 0 Å². The highest BCUT2D eigenvalue weighted by Gasteiger charge is 2.13. The second kappa shape index (κ2) is 6.06. The summed E-state index contributed by atoms with van der Waals surface area (Å²) in [4.78, 5) is 0. The highest BCUT2D eigenvalue weighted by Crippen LogP contribution is 2.16. The van der Waals surface area contributed by atoms with Crippen molar-refractivity contribution >= 4 is 17.6 Å². The Morgan fingerprint density at radius 3 is 3.00 bits per heavy atom. The molecule has 1 atom stereocenters. The van der Waals surface area contributed by atoms with Crippen molar-refractivity contribution in [2.75, 3.05) is 29.9 Å². The highest BCUT2D eigenvalue weighted by atomic mass is 32.2. The van der Waals surface area contributed by atoms with Crippen molar-refractivity contribution < 1.29 is 0 Å². The molecule has 0 aliphatic carbocycles. The minimum absolute atomic E-state index is 0.705. The molecular weight excluding hydrogens is 220 g/mol. The fourth-order valence-corrected chi connectivity index (χ4v) is 2.84. The number of hydrogen-bond donors (Lipinski definition) is 2. The lowest BCUT2D eigenvalue weighted by Gasteiger charge is -2.11. The maximum Gasteiger partial charge on any atom is 0.148 e. The minimum Gasteiger partial charge on any atom is -0.367 e. The molecule has 1 aliphatic heterocycles. The SMILES string of the molecule is Cc1ccc(NCCNC2CCSC2)nn1. The Labute approximate surface area is 101 Å². The van der Waals surface area contributed by atoms with Crippen molar-refractivity contribution in [1.29, 1.82) is 0 Å². The zero-order valence-corrected chi connectivity index (χ0v) is 10.4. The van der Waals surface area contributed by atoms with Crippen LogP contribution in [0.4, 0.5) is 5.82 Å². The normalized spacial score (nSPS) is 19.9. The van der Waals surface area contributed by atoms with Crippen molar-refractivity contribution in [3.8, 4) is 0 Å². The molecule has 2 N–H and O–H groups in total. The summed E-state index contributed by atoms with van der Waals surface area (Å²) < 4.78 is 0. The minimum atomic E-state index is 0.705. The molecule has 1 unspecified atom stereocenters. The van der Waals surface area contributed by atoms with Crippen LogP contribution in [0.15, 0.2) is 12.1 Å². The van der Waals surface area contributed by atoms with Gasteiger partial charge in [-0.3, -0.25) is 0 Å². The molecule has 5 heteroatoms. The predicted octanol–water partition coefficient (Wildman–Crippen LogP) is 1.29. The largest absolute Gasteiger partial charge is 0.367 e. The van der Waals surface area contributed by atoms with E-state index in [4.69, 9.17) is 0 Å². The molecule has 16 heavy (non-hydrogen) atoms. The van der Waals surface area contributed by atoms with Gasteiger partial charge in [-0.1, -0.05) is 0 Å². The molecule has 0 spiro atoms. The van der Waals surface area contributed by atoms with Gasteiger partial charge in [0.25, 0.3) is 0 Å². The highest BCUT2D eigenvalue weighted by molar-refractivity contribution is 7.99. The number of rotatable bonds is 5. The lowest BCUT2D eigenvalue weighted by molar-refractivity contribution is 0.570. The summed E-state index contributed by atoms with van der Waals surface area (Å²) in [5.74, 6) is 3.41. The fraction of sp³-hybridized carbons (Fsp3) is 0.636. The maximum absolute atomic E-state index is 4.05. The van der Waals surface area contributed by atoms with E-state index in [9.17, 15) is 0 Å². The number of hydrogen-bond acceptors (Lipinski definition) is 5. The summed E-state index contributed by atoms with van der Waals surface area (Å²) in [7, 11) is 0. The second-order valence-electron chi connectivity index (χ2n) is 4.00. The Morgan fingerprint density at radius 1 is 1.38 bits per heavy atom. The third-order valence-corrected chi connectivity index (χ3v) is 3.75. The molecule has 1 aromatic heterocycles. The van der Waals surface area contributed by atoms with Crippen molar-refractivity contribution in [3.05, 3.63) is 17.8 Å². The van der Waals surface area contributed by atoms with E-state index in [-0.39, 0.29) is 0 Å². The molecule has 88 valence electrons. The van der Waals surface area contributed by atoms with Gasteiger partial charge >= 0.3 is 0 Å². The molecule has 1 fully saturated rings. The van der Waals surface area contributed by atoms with Crippen LogP contribution in [0.2, 0.25) is 0 Å². The Hall–Kier alpha value is -0.810. The van der Waals surface area contributed by atoms with Crippen LogP contribution in [0, 0.1) is 6.92 Å². The van der Waals surface area contributed by atoms with Gasteiger partial charge in [-0.2, -0.15) is 16.9 Å². The first-order valence-electron chi connectivity index (χ1n) is 5.70. The predicted molar refractivity (Wildman–Crippen MR) is 69.0 cm³/mol. The smallest absolute Gasteiger partial charge is 0.148 e. The third-order valence-electron chi connectivity index (χ3n) is 2.59. The molecule has 0 radical (unpaired) electrons. The average molecular weight is 238 g/mol. The number of thioether (sulfide) groups is 1. The van der Waals surface area contributed by atoms with Gasteiger partial charge in [0, 0.05) is 24.9 Å². The summed E-state index contributed by atoms with van der Waals surface area (Å²) in [6, 6.07) is 4.64. The van der Waals surface area contributed by atoms with Crippen molar-refractivity contribution in [1.82, 2.24) is 15.5 Å². The Bertz CT molecular complexity index is 308. The molecule has 2 heterocycles. The van der Waals surface area contributed by atoms with E-state index >= 15 is 0 Å². The topological polar surface area (TPSA) is 49.8 Å². The van der Waals surface area contributed by atoms with E-state index in [1.807, 2.05) is 30.8 Å². The Kier molecular flexibility index (Phi) is 4.42. The number of anilines is 1. The van der Waals surface area contributed by atoms with E-state index in [1.54, 1.807) is 0 Å². The molecule has 2 rings (SSSR count). The van der Waals surface area contributed by atoms with Gasteiger partial charge in [0.2, 0.25) is 0 Å². The maximum atomic E-state index is 4.05. The van der Waals surface area contributed by atoms with Crippen molar-refractivity contribution in [2.24, 2.45) is 0 Å². The number of nitrogens with one attached hydrogen (secondary N) is 2. The molecule has 0 aromatic carbocycles. The van der Waals surface area contributed by atoms with E-state index in [1.165, 1.54) is 17.9 Å². The summed E-state index contributed by atoms with van der Waals surface area (Å²) in [6.07, 6.45) is 1.30. The van der Waals surface area contributed by atoms with Crippen LogP contribution >= 0.6 is 11.8 Å². The van der Waals surface area contributed by atoms with Gasteiger partial charge in [0.1, 0.15) is 5.82 Å². The standard InChI is InChI=1S/C11H18N4S/c1-9-2-3-11(15-14-9)13-6-5-12-10-4-7-16-8-10/h2-3,10,12H,4-8H2,1H3,(H,13,15). The van der Waals surface area contributed by atoms with Crippen LogP contribution in [-0.4, -0.2) is 40.8 Å². The van der Waals surface area contributed by atoms with Gasteiger partial charge in [-0.15, -0.1) is 5.10 Å². The van der Waals surface area contributed by atoms with Gasteiger partial charge < -0.3 is 10.6 Å². The summed E-state index contributed by atoms with van der Waals surface area (Å²) in [5.41, 5.74) is 0.951. The molecule has 0 amide bonds. The lowest BCUT2D eigenvalue weighted by atomic mass is 10.2. The fourth-order valence-electron chi connectivity index (χ4n) is 1.66. The molecule has 1 saturated heterocycles. The molecule has 0 saturated carbocycles. The molecule has 1 aliphatic rings. The second-order valence-corrected chi connectivity index (χ2v) is 5.15. The van der Waals surface area contributed by atoms with Crippen LogP contribution in [0.5, 0.6) is 0 Å². The summed E-state index contributed by atoms with van der Waals surface area (Å²) in [5, 5.41) is 14.8. The molecule has 0 bridgehead atoms. The van der Waals surface area contributed by atoms with E-state index < -0.39 is 0 Å². The molecule has 4 nitrogen and oxygen atoms in total. The van der Waals surface area contributed by atoms with Gasteiger partial charge in [-0.05, 0) is 31.2 Å². The van der Waals surface area contributed by atoms with Gasteiger partial charge in [-0.25, -0.2) is 0 Å². The van der Waals surface area contributed by atoms with Crippen LogP contribution in [-0.2, 0) is 0 Å². The number of aryl methyl sites for hydroxylation is 1. The average Bonchev–Trinajstić information content (AvgIpc) is 2.80. The molecular formula is C11H18N4S. The molecule has 1 aromatic rings. The van der Waals surface area contributed by atoms with E-state index in [0.717, 1.165) is 24.6 Å². The number of aromatic nitrogens is 2. The van der Waals surface area contributed by atoms with Crippen molar-refractivity contribution in [3.63, 3.8) is 0 Å². The van der Waals surface area contributed by atoms with Crippen molar-refractivity contribution in [2.45, 2.75) is 19.4 Å². The number of nitrogens with zero attached hydrogens (tertiary/aromatic N) is 2. The van der Waals surface area contributed by atoms with Crippen LogP contribution < -0.4 is 10.6 Å². The van der Waals surface area contributed by atoms with E-state index in [0.29, 0.717) is 6.04 Å². The van der Waals surface area contributed by atoms with Crippen LogP contribution in [0.1, 0.15) is 12.1 Å². The first-order valence-corrected chi connectivity index (χ1v) is 6.85. The van der Waals surface area contributed by atoms with Gasteiger partial charge in [0.15, 0.2) is 0 Å². The quantitative estimate of drug-likeness (QED) is 0.757.